The van der Waals surface area contributed by atoms with Crippen molar-refractivity contribution in [2.24, 2.45) is 5.41 Å². The fraction of sp³-hybridized carbons (Fsp3) is 0.400. The lowest BCUT2D eigenvalue weighted by Crippen LogP contribution is -2.11. The molecule has 0 aliphatic rings. The van der Waals surface area contributed by atoms with Gasteiger partial charge in [-0.3, -0.25) is 4.98 Å². The predicted molar refractivity (Wildman–Crippen MR) is 84.3 cm³/mol. The molecule has 0 saturated carbocycles. The second kappa shape index (κ2) is 5.81. The van der Waals surface area contributed by atoms with Crippen molar-refractivity contribution >= 4 is 30.6 Å². The standard InChI is InChI=1S/C15H18ClNO3S/c1-15(2,3)8-10-20-12-6-7-13(21(16,18)19)11-5-4-9-17-14(11)12/h4-7,9H,8,10H2,1-3H3. The maximum atomic E-state index is 11.6. The lowest BCUT2D eigenvalue weighted by Gasteiger charge is -2.18. The monoisotopic (exact) mass is 327 g/mol. The van der Waals surface area contributed by atoms with E-state index in [4.69, 9.17) is 15.4 Å². The molecule has 2 rings (SSSR count). The lowest BCUT2D eigenvalue weighted by atomic mass is 9.93. The van der Waals surface area contributed by atoms with Gasteiger partial charge in [0.05, 0.1) is 11.5 Å². The molecule has 1 aromatic heterocycles. The first-order chi connectivity index (χ1) is 9.68. The van der Waals surface area contributed by atoms with E-state index in [1.54, 1.807) is 24.4 Å². The molecule has 0 fully saturated rings. The highest BCUT2D eigenvalue weighted by Crippen LogP contribution is 2.31. The molecular formula is C15H18ClNO3S. The molecule has 0 amide bonds. The molecule has 0 bridgehead atoms. The van der Waals surface area contributed by atoms with E-state index in [2.05, 4.69) is 25.8 Å². The lowest BCUT2D eigenvalue weighted by molar-refractivity contribution is 0.244. The number of halogens is 1. The summed E-state index contributed by atoms with van der Waals surface area (Å²) in [5, 5.41) is 0.473. The summed E-state index contributed by atoms with van der Waals surface area (Å²) in [7, 11) is 1.64. The third-order valence-corrected chi connectivity index (χ3v) is 4.45. The van der Waals surface area contributed by atoms with Crippen LogP contribution in [0.2, 0.25) is 0 Å². The fourth-order valence-electron chi connectivity index (χ4n) is 1.92. The Bertz CT molecular complexity index is 751. The molecule has 0 spiro atoms. The average Bonchev–Trinajstić information content (AvgIpc) is 2.36. The normalized spacial score (nSPS) is 12.6. The third-order valence-electron chi connectivity index (χ3n) is 3.06. The average molecular weight is 328 g/mol. The van der Waals surface area contributed by atoms with E-state index in [-0.39, 0.29) is 10.3 Å². The highest BCUT2D eigenvalue weighted by molar-refractivity contribution is 8.14. The maximum absolute atomic E-state index is 11.6. The molecule has 0 atom stereocenters. The summed E-state index contributed by atoms with van der Waals surface area (Å²) in [6, 6.07) is 6.41. The molecule has 6 heteroatoms. The van der Waals surface area contributed by atoms with Gasteiger partial charge in [0.2, 0.25) is 0 Å². The Morgan fingerprint density at radius 1 is 1.24 bits per heavy atom. The molecule has 21 heavy (non-hydrogen) atoms. The Morgan fingerprint density at radius 2 is 1.95 bits per heavy atom. The first kappa shape index (κ1) is 16.0. The summed E-state index contributed by atoms with van der Waals surface area (Å²) in [6.07, 6.45) is 2.49. The van der Waals surface area contributed by atoms with Gasteiger partial charge in [-0.2, -0.15) is 0 Å². The molecule has 0 aliphatic heterocycles. The molecular weight excluding hydrogens is 310 g/mol. The van der Waals surface area contributed by atoms with Gasteiger partial charge in [0.1, 0.15) is 11.3 Å². The van der Waals surface area contributed by atoms with Crippen molar-refractivity contribution in [3.05, 3.63) is 30.5 Å². The fourth-order valence-corrected chi connectivity index (χ4v) is 2.98. The molecule has 0 aliphatic carbocycles. The van der Waals surface area contributed by atoms with Gasteiger partial charge >= 0.3 is 0 Å². The van der Waals surface area contributed by atoms with E-state index in [1.165, 1.54) is 6.07 Å². The van der Waals surface area contributed by atoms with Crippen LogP contribution in [0, 0.1) is 5.41 Å². The summed E-state index contributed by atoms with van der Waals surface area (Å²) in [6.45, 7) is 6.95. The van der Waals surface area contributed by atoms with Crippen molar-refractivity contribution in [1.82, 2.24) is 4.98 Å². The van der Waals surface area contributed by atoms with Crippen LogP contribution in [-0.2, 0) is 9.05 Å². The van der Waals surface area contributed by atoms with Gasteiger partial charge in [-0.1, -0.05) is 20.8 Å². The summed E-state index contributed by atoms with van der Waals surface area (Å²) in [5.74, 6) is 0.568. The quantitative estimate of drug-likeness (QED) is 0.797. The van der Waals surface area contributed by atoms with Gasteiger partial charge in [0.25, 0.3) is 9.05 Å². The van der Waals surface area contributed by atoms with Gasteiger partial charge in [-0.05, 0) is 36.1 Å². The smallest absolute Gasteiger partial charge is 0.261 e. The molecule has 1 heterocycles. The maximum Gasteiger partial charge on any atom is 0.261 e. The van der Waals surface area contributed by atoms with Crippen molar-refractivity contribution < 1.29 is 13.2 Å². The molecule has 1 aromatic carbocycles. The summed E-state index contributed by atoms with van der Waals surface area (Å²) >= 11 is 0. The Hall–Kier alpha value is -1.33. The molecule has 0 saturated heterocycles. The second-order valence-electron chi connectivity index (χ2n) is 6.06. The van der Waals surface area contributed by atoms with Crippen LogP contribution < -0.4 is 4.74 Å². The van der Waals surface area contributed by atoms with Gasteiger partial charge in [0, 0.05) is 22.3 Å². The first-order valence-electron chi connectivity index (χ1n) is 6.64. The summed E-state index contributed by atoms with van der Waals surface area (Å²) < 4.78 is 29.0. The van der Waals surface area contributed by atoms with Crippen LogP contribution in [0.4, 0.5) is 0 Å². The van der Waals surface area contributed by atoms with Crippen molar-refractivity contribution in [2.75, 3.05) is 6.61 Å². The van der Waals surface area contributed by atoms with E-state index in [0.29, 0.717) is 23.3 Å². The number of pyridine rings is 1. The number of nitrogens with zero attached hydrogens (tertiary/aromatic N) is 1. The number of ether oxygens (including phenoxy) is 1. The van der Waals surface area contributed by atoms with Gasteiger partial charge in [0.15, 0.2) is 0 Å². The highest BCUT2D eigenvalue weighted by Gasteiger charge is 2.17. The van der Waals surface area contributed by atoms with E-state index >= 15 is 0 Å². The van der Waals surface area contributed by atoms with Crippen LogP contribution >= 0.6 is 10.7 Å². The van der Waals surface area contributed by atoms with Crippen LogP contribution in [0.1, 0.15) is 27.2 Å². The summed E-state index contributed by atoms with van der Waals surface area (Å²) in [4.78, 5) is 4.27. The topological polar surface area (TPSA) is 56.3 Å². The Labute approximate surface area is 129 Å². The van der Waals surface area contributed by atoms with Crippen LogP contribution in [0.5, 0.6) is 5.75 Å². The number of fused-ring (bicyclic) bond motifs is 1. The number of hydrogen-bond donors (Lipinski definition) is 0. The minimum absolute atomic E-state index is 0.0513. The van der Waals surface area contributed by atoms with Crippen LogP contribution in [-0.4, -0.2) is 20.0 Å². The molecule has 4 nitrogen and oxygen atoms in total. The predicted octanol–water partition coefficient (Wildman–Crippen LogP) is 3.98. The summed E-state index contributed by atoms with van der Waals surface area (Å²) in [5.41, 5.74) is 0.677. The van der Waals surface area contributed by atoms with Gasteiger partial charge in [-0.25, -0.2) is 8.42 Å². The largest absolute Gasteiger partial charge is 0.491 e. The Kier molecular flexibility index (Phi) is 4.44. The number of rotatable bonds is 4. The van der Waals surface area contributed by atoms with E-state index in [9.17, 15) is 8.42 Å². The molecule has 0 radical (unpaired) electrons. The van der Waals surface area contributed by atoms with E-state index < -0.39 is 9.05 Å². The zero-order valence-electron chi connectivity index (χ0n) is 12.3. The SMILES string of the molecule is CC(C)(C)CCOc1ccc(S(=O)(=O)Cl)c2cccnc12. The van der Waals surface area contributed by atoms with E-state index in [1.807, 2.05) is 0 Å². The Balaban J connectivity index is 2.39. The van der Waals surface area contributed by atoms with Crippen LogP contribution in [0.25, 0.3) is 10.9 Å². The third kappa shape index (κ3) is 4.08. The number of aromatic nitrogens is 1. The minimum atomic E-state index is -3.81. The zero-order valence-corrected chi connectivity index (χ0v) is 13.8. The van der Waals surface area contributed by atoms with Gasteiger partial charge in [-0.15, -0.1) is 0 Å². The molecule has 0 unspecified atom stereocenters. The minimum Gasteiger partial charge on any atom is -0.491 e. The number of benzene rings is 1. The van der Waals surface area contributed by atoms with Crippen molar-refractivity contribution in [3.8, 4) is 5.75 Å². The van der Waals surface area contributed by atoms with Gasteiger partial charge < -0.3 is 4.74 Å². The first-order valence-corrected chi connectivity index (χ1v) is 8.95. The molecule has 0 N–H and O–H groups in total. The second-order valence-corrected chi connectivity index (χ2v) is 8.59. The Morgan fingerprint density at radius 3 is 2.57 bits per heavy atom. The number of hydrogen-bond acceptors (Lipinski definition) is 4. The van der Waals surface area contributed by atoms with Crippen LogP contribution in [0.15, 0.2) is 35.4 Å². The van der Waals surface area contributed by atoms with Crippen LogP contribution in [0.3, 0.4) is 0 Å². The van der Waals surface area contributed by atoms with Crippen molar-refractivity contribution in [2.45, 2.75) is 32.1 Å². The van der Waals surface area contributed by atoms with E-state index in [0.717, 1.165) is 6.42 Å². The zero-order chi connectivity index (χ0) is 15.7. The molecule has 2 aromatic rings. The van der Waals surface area contributed by atoms with Crippen molar-refractivity contribution in [1.29, 1.82) is 0 Å². The highest BCUT2D eigenvalue weighted by atomic mass is 35.7. The van der Waals surface area contributed by atoms with Crippen molar-refractivity contribution in [3.63, 3.8) is 0 Å². The molecule has 114 valence electrons.